The van der Waals surface area contributed by atoms with Crippen molar-refractivity contribution in [3.63, 3.8) is 0 Å². The van der Waals surface area contributed by atoms with Crippen LogP contribution in [-0.4, -0.2) is 30.4 Å². The lowest BCUT2D eigenvalue weighted by atomic mass is 9.82. The van der Waals surface area contributed by atoms with Crippen LogP contribution in [0.15, 0.2) is 30.3 Å². The Bertz CT molecular complexity index is 428. The number of piperidine rings is 1. The summed E-state index contributed by atoms with van der Waals surface area (Å²) >= 11 is 0. The van der Waals surface area contributed by atoms with Gasteiger partial charge in [0.1, 0.15) is 0 Å². The summed E-state index contributed by atoms with van der Waals surface area (Å²) in [5, 5.41) is 12.9. The predicted octanol–water partition coefficient (Wildman–Crippen LogP) is 1.78. The van der Waals surface area contributed by atoms with Gasteiger partial charge in [0.05, 0.1) is 12.6 Å². The van der Waals surface area contributed by atoms with E-state index in [1.54, 1.807) is 0 Å². The van der Waals surface area contributed by atoms with Gasteiger partial charge in [-0.25, -0.2) is 0 Å². The monoisotopic (exact) mass is 278 g/mol. The first-order valence-electron chi connectivity index (χ1n) is 6.95. The van der Waals surface area contributed by atoms with E-state index in [1.807, 2.05) is 18.2 Å². The topological polar surface area (TPSA) is 70.6 Å². The number of esters is 1. The number of hydroxylamine groups is 1. The highest BCUT2D eigenvalue weighted by atomic mass is 16.5. The Kier molecular flexibility index (Phi) is 5.11. The first-order chi connectivity index (χ1) is 9.69. The molecular formula is C15H22N2O3. The average Bonchev–Trinajstić information content (AvgIpc) is 2.54. The van der Waals surface area contributed by atoms with Gasteiger partial charge in [0.15, 0.2) is 0 Å². The van der Waals surface area contributed by atoms with Gasteiger partial charge >= 0.3 is 5.97 Å². The van der Waals surface area contributed by atoms with Crippen molar-refractivity contribution < 1.29 is 14.7 Å². The molecule has 0 aromatic heterocycles. The fourth-order valence-electron chi connectivity index (χ4n) is 2.71. The van der Waals surface area contributed by atoms with E-state index in [1.165, 1.54) is 12.7 Å². The second-order valence-corrected chi connectivity index (χ2v) is 5.35. The molecule has 0 aliphatic carbocycles. The summed E-state index contributed by atoms with van der Waals surface area (Å²) in [5.74, 6) is -0.246. The van der Waals surface area contributed by atoms with Crippen LogP contribution in [0.2, 0.25) is 0 Å². The minimum Gasteiger partial charge on any atom is -0.469 e. The van der Waals surface area contributed by atoms with E-state index < -0.39 is 5.54 Å². The second-order valence-electron chi connectivity index (χ2n) is 5.35. The Hall–Kier alpha value is -1.43. The van der Waals surface area contributed by atoms with Crippen LogP contribution >= 0.6 is 0 Å². The fraction of sp³-hybridized carbons (Fsp3) is 0.533. The summed E-state index contributed by atoms with van der Waals surface area (Å²) in [6.45, 7) is 0.625. The van der Waals surface area contributed by atoms with Crippen molar-refractivity contribution >= 4 is 5.97 Å². The lowest BCUT2D eigenvalue weighted by Crippen LogP contribution is -2.55. The zero-order valence-electron chi connectivity index (χ0n) is 11.8. The molecular weight excluding hydrogens is 256 g/mol. The average molecular weight is 278 g/mol. The predicted molar refractivity (Wildman–Crippen MR) is 75.3 cm³/mol. The highest BCUT2D eigenvalue weighted by molar-refractivity contribution is 5.69. The van der Waals surface area contributed by atoms with Gasteiger partial charge in [-0.05, 0) is 24.8 Å². The molecule has 3 N–H and O–H groups in total. The largest absolute Gasteiger partial charge is 0.469 e. The first-order valence-corrected chi connectivity index (χ1v) is 6.95. The molecule has 2 rings (SSSR count). The van der Waals surface area contributed by atoms with Crippen molar-refractivity contribution in [3.8, 4) is 0 Å². The molecule has 20 heavy (non-hydrogen) atoms. The Balaban J connectivity index is 1.92. The standard InChI is InChI=1S/C15H22N2O3/c1-20-14(18)8-10-15(17-19)9-7-13(16-11-15)12-5-3-2-4-6-12/h2-6,13,16-17,19H,7-11H2,1H3/t13-,15-/m0/s1. The minimum atomic E-state index is -0.445. The zero-order chi connectivity index (χ0) is 14.4. The minimum absolute atomic E-state index is 0.246. The normalized spacial score (nSPS) is 26.2. The summed E-state index contributed by atoms with van der Waals surface area (Å²) in [6.07, 6.45) is 2.60. The summed E-state index contributed by atoms with van der Waals surface area (Å²) in [4.78, 5) is 11.2. The molecule has 1 aromatic rings. The van der Waals surface area contributed by atoms with Crippen molar-refractivity contribution in [1.29, 1.82) is 0 Å². The van der Waals surface area contributed by atoms with Gasteiger partial charge in [-0.15, -0.1) is 0 Å². The lowest BCUT2D eigenvalue weighted by Gasteiger charge is -2.40. The van der Waals surface area contributed by atoms with E-state index >= 15 is 0 Å². The SMILES string of the molecule is COC(=O)CC[C@@]1(NO)CC[C@@H](c2ccccc2)NC1. The van der Waals surface area contributed by atoms with Crippen LogP contribution < -0.4 is 10.8 Å². The van der Waals surface area contributed by atoms with E-state index in [-0.39, 0.29) is 5.97 Å². The quantitative estimate of drug-likeness (QED) is 0.566. The molecule has 1 heterocycles. The van der Waals surface area contributed by atoms with Crippen LogP contribution in [-0.2, 0) is 9.53 Å². The van der Waals surface area contributed by atoms with Gasteiger partial charge in [-0.2, -0.15) is 5.48 Å². The third kappa shape index (κ3) is 3.56. The molecule has 5 nitrogen and oxygen atoms in total. The van der Waals surface area contributed by atoms with E-state index in [0.29, 0.717) is 25.4 Å². The van der Waals surface area contributed by atoms with Gasteiger partial charge in [0.2, 0.25) is 0 Å². The Morgan fingerprint density at radius 1 is 1.50 bits per heavy atom. The molecule has 1 saturated heterocycles. The molecule has 1 fully saturated rings. The van der Waals surface area contributed by atoms with Gasteiger partial charge in [0, 0.05) is 19.0 Å². The van der Waals surface area contributed by atoms with Gasteiger partial charge in [-0.3, -0.25) is 4.79 Å². The molecule has 5 heteroatoms. The first kappa shape index (κ1) is 15.0. The number of carbonyl (C=O) groups excluding carboxylic acids is 1. The molecule has 0 unspecified atom stereocenters. The summed E-state index contributed by atoms with van der Waals surface area (Å²) in [6, 6.07) is 10.6. The van der Waals surface area contributed by atoms with Crippen molar-refractivity contribution in [2.24, 2.45) is 0 Å². The van der Waals surface area contributed by atoms with Crippen LogP contribution in [0.4, 0.5) is 0 Å². The zero-order valence-corrected chi connectivity index (χ0v) is 11.8. The number of methoxy groups -OCH3 is 1. The van der Waals surface area contributed by atoms with Crippen LogP contribution in [0.1, 0.15) is 37.3 Å². The molecule has 1 aliphatic heterocycles. The van der Waals surface area contributed by atoms with Crippen LogP contribution in [0, 0.1) is 0 Å². The number of benzene rings is 1. The van der Waals surface area contributed by atoms with E-state index in [0.717, 1.165) is 12.8 Å². The maximum atomic E-state index is 11.2. The fourth-order valence-corrected chi connectivity index (χ4v) is 2.71. The summed E-state index contributed by atoms with van der Waals surface area (Å²) in [7, 11) is 1.38. The second kappa shape index (κ2) is 6.83. The van der Waals surface area contributed by atoms with Crippen LogP contribution in [0.25, 0.3) is 0 Å². The van der Waals surface area contributed by atoms with Gasteiger partial charge < -0.3 is 15.3 Å². The third-order valence-corrected chi connectivity index (χ3v) is 4.07. The third-order valence-electron chi connectivity index (χ3n) is 4.07. The smallest absolute Gasteiger partial charge is 0.305 e. The van der Waals surface area contributed by atoms with E-state index in [2.05, 4.69) is 27.7 Å². The number of rotatable bonds is 5. The number of ether oxygens (including phenoxy) is 1. The van der Waals surface area contributed by atoms with E-state index in [4.69, 9.17) is 0 Å². The Labute approximate surface area is 119 Å². The van der Waals surface area contributed by atoms with E-state index in [9.17, 15) is 10.0 Å². The number of carbonyl (C=O) groups is 1. The number of nitrogens with one attached hydrogen (secondary N) is 2. The maximum Gasteiger partial charge on any atom is 0.305 e. The molecule has 0 spiro atoms. The Morgan fingerprint density at radius 2 is 2.25 bits per heavy atom. The number of hydrogen-bond donors (Lipinski definition) is 3. The van der Waals surface area contributed by atoms with Crippen LogP contribution in [0.5, 0.6) is 0 Å². The van der Waals surface area contributed by atoms with Crippen molar-refractivity contribution in [2.75, 3.05) is 13.7 Å². The summed E-state index contributed by atoms with van der Waals surface area (Å²) < 4.78 is 4.65. The molecule has 0 amide bonds. The molecule has 1 aliphatic rings. The molecule has 0 saturated carbocycles. The number of hydrogen-bond acceptors (Lipinski definition) is 5. The molecule has 1 aromatic carbocycles. The van der Waals surface area contributed by atoms with Gasteiger partial charge in [0.25, 0.3) is 0 Å². The molecule has 0 bridgehead atoms. The van der Waals surface area contributed by atoms with Gasteiger partial charge in [-0.1, -0.05) is 30.3 Å². The Morgan fingerprint density at radius 3 is 2.80 bits per heavy atom. The van der Waals surface area contributed by atoms with Crippen LogP contribution in [0.3, 0.4) is 0 Å². The van der Waals surface area contributed by atoms with Crippen molar-refractivity contribution in [3.05, 3.63) is 35.9 Å². The van der Waals surface area contributed by atoms with Crippen molar-refractivity contribution in [1.82, 2.24) is 10.8 Å². The molecule has 110 valence electrons. The highest BCUT2D eigenvalue weighted by Crippen LogP contribution is 2.30. The molecule has 2 atom stereocenters. The molecule has 0 radical (unpaired) electrons. The maximum absolute atomic E-state index is 11.2. The summed E-state index contributed by atoms with van der Waals surface area (Å²) in [5.41, 5.74) is 3.21. The van der Waals surface area contributed by atoms with Crippen molar-refractivity contribution in [2.45, 2.75) is 37.3 Å². The highest BCUT2D eigenvalue weighted by Gasteiger charge is 2.35. The lowest BCUT2D eigenvalue weighted by molar-refractivity contribution is -0.141.